The summed E-state index contributed by atoms with van der Waals surface area (Å²) < 4.78 is 21.4. The molecule has 35 heavy (non-hydrogen) atoms. The lowest BCUT2D eigenvalue weighted by molar-refractivity contribution is -0.144. The molecule has 0 spiro atoms. The van der Waals surface area contributed by atoms with E-state index in [1.807, 2.05) is 11.0 Å². The second-order valence-electron chi connectivity index (χ2n) is 8.90. The number of benzene rings is 1. The molecule has 0 bridgehead atoms. The number of rotatable bonds is 9. The average molecular weight is 500 g/mol. The molecule has 9 heteroatoms. The SMILES string of the molecule is CCOC(=O)Cn1nccc1/C=C1\CN(C(C(=O)C2CC2)c2ccccc2F)CCC1SC(C)=O. The van der Waals surface area contributed by atoms with Crippen LogP contribution in [0.15, 0.2) is 42.1 Å². The number of nitrogens with zero attached hydrogens (tertiary/aromatic N) is 3. The minimum atomic E-state index is -0.667. The standard InChI is InChI=1S/C26H30FN3O4S/c1-3-34-24(32)16-30-20(10-12-28-30)14-19-15-29(13-11-23(19)35-17(2)31)25(26(33)18-8-9-18)21-6-4-5-7-22(21)27/h4-7,10,12,14,18,23,25H,3,8-9,11,13,15-16H2,1-2H3/b19-14+. The van der Waals surface area contributed by atoms with E-state index >= 15 is 0 Å². The van der Waals surface area contributed by atoms with Gasteiger partial charge in [-0.25, -0.2) is 4.39 Å². The molecule has 2 aromatic rings. The normalized spacial score (nSPS) is 20.5. The molecule has 0 amide bonds. The van der Waals surface area contributed by atoms with E-state index in [0.717, 1.165) is 18.4 Å². The van der Waals surface area contributed by atoms with Crippen molar-refractivity contribution in [1.29, 1.82) is 0 Å². The number of carbonyl (C=O) groups excluding carboxylic acids is 3. The number of piperidine rings is 1. The van der Waals surface area contributed by atoms with E-state index in [4.69, 9.17) is 4.74 Å². The molecule has 2 heterocycles. The molecule has 1 saturated heterocycles. The Balaban J connectivity index is 1.65. The van der Waals surface area contributed by atoms with Crippen molar-refractivity contribution in [2.45, 2.75) is 50.9 Å². The summed E-state index contributed by atoms with van der Waals surface area (Å²) in [5.41, 5.74) is 2.04. The minimum Gasteiger partial charge on any atom is -0.465 e. The summed E-state index contributed by atoms with van der Waals surface area (Å²) in [6.45, 7) is 4.54. The number of aromatic nitrogens is 2. The van der Waals surface area contributed by atoms with Crippen LogP contribution in [0.4, 0.5) is 4.39 Å². The maximum Gasteiger partial charge on any atom is 0.327 e. The van der Waals surface area contributed by atoms with Crippen molar-refractivity contribution in [2.75, 3.05) is 19.7 Å². The van der Waals surface area contributed by atoms with Gasteiger partial charge in [-0.3, -0.25) is 24.0 Å². The van der Waals surface area contributed by atoms with Gasteiger partial charge < -0.3 is 4.74 Å². The molecule has 1 aromatic heterocycles. The number of thioether (sulfide) groups is 1. The van der Waals surface area contributed by atoms with Crippen molar-refractivity contribution in [3.63, 3.8) is 0 Å². The molecule has 1 aromatic carbocycles. The molecule has 1 aliphatic carbocycles. The van der Waals surface area contributed by atoms with Crippen molar-refractivity contribution in [2.24, 2.45) is 5.92 Å². The van der Waals surface area contributed by atoms with E-state index in [-0.39, 0.29) is 47.0 Å². The van der Waals surface area contributed by atoms with Crippen LogP contribution in [0, 0.1) is 11.7 Å². The highest BCUT2D eigenvalue weighted by atomic mass is 32.2. The number of hydrogen-bond donors (Lipinski definition) is 0. The fourth-order valence-corrected chi connectivity index (χ4v) is 5.43. The second-order valence-corrected chi connectivity index (χ2v) is 10.3. The fourth-order valence-electron chi connectivity index (χ4n) is 4.51. The Hall–Kier alpha value is -2.78. The van der Waals surface area contributed by atoms with E-state index in [1.165, 1.54) is 17.8 Å². The number of ether oxygens (including phenoxy) is 1. The van der Waals surface area contributed by atoms with Gasteiger partial charge in [0.15, 0.2) is 10.9 Å². The predicted octanol–water partition coefficient (Wildman–Crippen LogP) is 4.04. The van der Waals surface area contributed by atoms with Gasteiger partial charge in [-0.2, -0.15) is 5.10 Å². The zero-order valence-electron chi connectivity index (χ0n) is 20.0. The Bertz CT molecular complexity index is 1130. The van der Waals surface area contributed by atoms with Crippen LogP contribution in [0.25, 0.3) is 6.08 Å². The minimum absolute atomic E-state index is 0.00842. The Morgan fingerprint density at radius 3 is 2.69 bits per heavy atom. The number of carbonyl (C=O) groups is 3. The Morgan fingerprint density at radius 1 is 1.23 bits per heavy atom. The average Bonchev–Trinajstić information content (AvgIpc) is 3.58. The summed E-state index contributed by atoms with van der Waals surface area (Å²) in [4.78, 5) is 39.3. The third kappa shape index (κ3) is 6.27. The van der Waals surface area contributed by atoms with Gasteiger partial charge in [0, 0.05) is 42.9 Å². The molecule has 1 aliphatic heterocycles. The molecule has 2 aliphatic rings. The van der Waals surface area contributed by atoms with Crippen molar-refractivity contribution in [1.82, 2.24) is 14.7 Å². The van der Waals surface area contributed by atoms with Crippen molar-refractivity contribution in [3.8, 4) is 0 Å². The number of esters is 1. The first-order valence-electron chi connectivity index (χ1n) is 11.9. The fraction of sp³-hybridized carbons (Fsp3) is 0.462. The number of hydrogen-bond acceptors (Lipinski definition) is 7. The third-order valence-corrected chi connectivity index (χ3v) is 7.42. The first-order valence-corrected chi connectivity index (χ1v) is 12.8. The van der Waals surface area contributed by atoms with E-state index in [9.17, 15) is 18.8 Å². The van der Waals surface area contributed by atoms with Crippen LogP contribution in [0.5, 0.6) is 0 Å². The topological polar surface area (TPSA) is 81.5 Å². The van der Waals surface area contributed by atoms with Gasteiger partial charge >= 0.3 is 5.97 Å². The highest BCUT2D eigenvalue weighted by Gasteiger charge is 2.41. The molecule has 186 valence electrons. The van der Waals surface area contributed by atoms with Crippen LogP contribution in [0.2, 0.25) is 0 Å². The van der Waals surface area contributed by atoms with Gasteiger partial charge in [-0.15, -0.1) is 0 Å². The van der Waals surface area contributed by atoms with E-state index < -0.39 is 6.04 Å². The zero-order valence-corrected chi connectivity index (χ0v) is 20.8. The van der Waals surface area contributed by atoms with Crippen molar-refractivity contribution >= 4 is 34.7 Å². The zero-order chi connectivity index (χ0) is 24.9. The maximum absolute atomic E-state index is 14.8. The largest absolute Gasteiger partial charge is 0.465 e. The molecular formula is C26H30FN3O4S. The predicted molar refractivity (Wildman–Crippen MR) is 132 cm³/mol. The van der Waals surface area contributed by atoms with Gasteiger partial charge in [0.1, 0.15) is 12.4 Å². The molecular weight excluding hydrogens is 469 g/mol. The van der Waals surface area contributed by atoms with Crippen LogP contribution in [0.3, 0.4) is 0 Å². The highest BCUT2D eigenvalue weighted by Crippen LogP contribution is 2.40. The Morgan fingerprint density at radius 2 is 2.00 bits per heavy atom. The van der Waals surface area contributed by atoms with Gasteiger partial charge in [-0.05, 0) is 50.0 Å². The summed E-state index contributed by atoms with van der Waals surface area (Å²) in [7, 11) is 0. The maximum atomic E-state index is 14.8. The number of halogens is 1. The van der Waals surface area contributed by atoms with E-state index in [1.54, 1.807) is 49.0 Å². The molecule has 0 radical (unpaired) electrons. The van der Waals surface area contributed by atoms with E-state index in [2.05, 4.69) is 5.10 Å². The number of ketones is 1. The first-order chi connectivity index (χ1) is 16.9. The van der Waals surface area contributed by atoms with Crippen LogP contribution in [0.1, 0.15) is 50.4 Å². The molecule has 2 fully saturated rings. The lowest BCUT2D eigenvalue weighted by Gasteiger charge is -2.38. The van der Waals surface area contributed by atoms with Gasteiger partial charge in [0.05, 0.1) is 18.3 Å². The summed E-state index contributed by atoms with van der Waals surface area (Å²) in [5, 5.41) is 4.17. The summed E-state index contributed by atoms with van der Waals surface area (Å²) >= 11 is 1.26. The Kier molecular flexibility index (Phi) is 8.18. The van der Waals surface area contributed by atoms with Gasteiger partial charge in [0.25, 0.3) is 0 Å². The number of likely N-dealkylation sites (tertiary alicyclic amines) is 1. The molecule has 2 unspecified atom stereocenters. The number of Topliss-reactive ketones (excluding diaryl/α,β-unsaturated/α-hetero) is 1. The first kappa shape index (κ1) is 25.3. The summed E-state index contributed by atoms with van der Waals surface area (Å²) in [6.07, 6.45) is 5.87. The quantitative estimate of drug-likeness (QED) is 0.482. The Labute approximate surface area is 208 Å². The van der Waals surface area contributed by atoms with Crippen LogP contribution < -0.4 is 0 Å². The smallest absolute Gasteiger partial charge is 0.327 e. The highest BCUT2D eigenvalue weighted by molar-refractivity contribution is 8.14. The van der Waals surface area contributed by atoms with Gasteiger partial charge in [0.2, 0.25) is 0 Å². The van der Waals surface area contributed by atoms with Crippen molar-refractivity contribution in [3.05, 3.63) is 59.2 Å². The molecule has 7 nitrogen and oxygen atoms in total. The second kappa shape index (κ2) is 11.3. The summed E-state index contributed by atoms with van der Waals surface area (Å²) in [5.74, 6) is -0.739. The van der Waals surface area contributed by atoms with E-state index in [0.29, 0.717) is 30.8 Å². The molecule has 0 N–H and O–H groups in total. The van der Waals surface area contributed by atoms with Crippen LogP contribution in [-0.2, 0) is 25.7 Å². The third-order valence-electron chi connectivity index (χ3n) is 6.27. The summed E-state index contributed by atoms with van der Waals surface area (Å²) in [6, 6.07) is 7.60. The van der Waals surface area contributed by atoms with Crippen LogP contribution >= 0.6 is 11.8 Å². The lowest BCUT2D eigenvalue weighted by Crippen LogP contribution is -2.43. The van der Waals surface area contributed by atoms with Crippen LogP contribution in [-0.4, -0.2) is 56.5 Å². The van der Waals surface area contributed by atoms with Gasteiger partial charge in [-0.1, -0.05) is 30.0 Å². The molecule has 2 atom stereocenters. The molecule has 1 saturated carbocycles. The van der Waals surface area contributed by atoms with Crippen molar-refractivity contribution < 1.29 is 23.5 Å². The molecule has 4 rings (SSSR count). The monoisotopic (exact) mass is 499 g/mol. The lowest BCUT2D eigenvalue weighted by atomic mass is 9.93.